The van der Waals surface area contributed by atoms with E-state index in [1.165, 1.54) is 32.4 Å². The largest absolute Gasteiger partial charge is 0.494 e. The topological polar surface area (TPSA) is 73.9 Å². The number of amides is 1. The number of carbonyl (C=O) groups is 2. The quantitative estimate of drug-likeness (QED) is 0.406. The Morgan fingerprint density at radius 1 is 1.08 bits per heavy atom. The average Bonchev–Trinajstić information content (AvgIpc) is 3.30. The molecule has 2 unspecified atom stereocenters. The van der Waals surface area contributed by atoms with Gasteiger partial charge in [-0.05, 0) is 68.6 Å². The number of ether oxygens (including phenoxy) is 1. The van der Waals surface area contributed by atoms with Crippen molar-refractivity contribution >= 4 is 23.1 Å². The fourth-order valence-electron chi connectivity index (χ4n) is 5.95. The summed E-state index contributed by atoms with van der Waals surface area (Å²) in [7, 11) is 0. The molecule has 0 aromatic heterocycles. The van der Waals surface area contributed by atoms with Crippen LogP contribution in [0.25, 0.3) is 0 Å². The molecule has 0 saturated carbocycles. The highest BCUT2D eigenvalue weighted by Crippen LogP contribution is 2.46. The van der Waals surface area contributed by atoms with E-state index in [9.17, 15) is 9.59 Å². The van der Waals surface area contributed by atoms with Crippen LogP contribution in [0.1, 0.15) is 51.0 Å². The third-order valence-electron chi connectivity index (χ3n) is 8.04. The SMILES string of the molecule is CCC1(C(=O)NCc2ccc(OCCCN3CCCCC3)cc2)C(=O)CCN2c3ccccc3NC21. The molecule has 36 heavy (non-hydrogen) atoms. The van der Waals surface area contributed by atoms with Gasteiger partial charge in [0, 0.05) is 26.1 Å². The van der Waals surface area contributed by atoms with Gasteiger partial charge in [0.1, 0.15) is 17.3 Å². The summed E-state index contributed by atoms with van der Waals surface area (Å²) < 4.78 is 5.93. The van der Waals surface area contributed by atoms with Crippen LogP contribution in [0.5, 0.6) is 5.75 Å². The Kier molecular flexibility index (Phi) is 7.46. The molecule has 2 atom stereocenters. The standard InChI is InChI=1S/C29H38N4O3/c1-2-29(26(34)15-19-33-25-10-5-4-9-24(25)31-27(29)33)28(35)30-21-22-11-13-23(14-12-22)36-20-8-18-32-16-6-3-7-17-32/h4-5,9-14,27,31H,2-3,6-8,15-21H2,1H3,(H,30,35). The molecule has 2 saturated heterocycles. The number of carbonyl (C=O) groups excluding carboxylic acids is 2. The number of hydrogen-bond acceptors (Lipinski definition) is 6. The lowest BCUT2D eigenvalue weighted by molar-refractivity contribution is -0.145. The van der Waals surface area contributed by atoms with E-state index in [1.54, 1.807) is 0 Å². The molecule has 3 aliphatic rings. The fourth-order valence-corrected chi connectivity index (χ4v) is 5.95. The smallest absolute Gasteiger partial charge is 0.238 e. The number of nitrogens with one attached hydrogen (secondary N) is 2. The Labute approximate surface area is 214 Å². The molecule has 7 nitrogen and oxygen atoms in total. The number of fused-ring (bicyclic) bond motifs is 3. The van der Waals surface area contributed by atoms with E-state index >= 15 is 0 Å². The number of para-hydroxylation sites is 2. The lowest BCUT2D eigenvalue weighted by atomic mass is 9.72. The van der Waals surface area contributed by atoms with Crippen molar-refractivity contribution in [1.82, 2.24) is 10.2 Å². The predicted molar refractivity (Wildman–Crippen MR) is 142 cm³/mol. The van der Waals surface area contributed by atoms with Gasteiger partial charge in [0.15, 0.2) is 5.78 Å². The first-order valence-corrected chi connectivity index (χ1v) is 13.5. The molecule has 0 aliphatic carbocycles. The molecular weight excluding hydrogens is 452 g/mol. The van der Waals surface area contributed by atoms with Crippen LogP contribution in [-0.2, 0) is 16.1 Å². The molecule has 2 fully saturated rings. The predicted octanol–water partition coefficient (Wildman–Crippen LogP) is 4.19. The van der Waals surface area contributed by atoms with Gasteiger partial charge in [-0.1, -0.05) is 37.6 Å². The normalized spacial score (nSPS) is 23.5. The minimum atomic E-state index is -1.12. The van der Waals surface area contributed by atoms with Crippen molar-refractivity contribution in [3.05, 3.63) is 54.1 Å². The van der Waals surface area contributed by atoms with Crippen molar-refractivity contribution in [2.24, 2.45) is 5.41 Å². The van der Waals surface area contributed by atoms with Gasteiger partial charge in [-0.25, -0.2) is 0 Å². The summed E-state index contributed by atoms with van der Waals surface area (Å²) in [6, 6.07) is 15.9. The van der Waals surface area contributed by atoms with Crippen LogP contribution in [-0.4, -0.2) is 55.5 Å². The second kappa shape index (κ2) is 10.9. The number of piperidine rings is 2. The Balaban J connectivity index is 1.16. The third-order valence-corrected chi connectivity index (χ3v) is 8.04. The zero-order valence-corrected chi connectivity index (χ0v) is 21.3. The molecule has 2 N–H and O–H groups in total. The maximum Gasteiger partial charge on any atom is 0.238 e. The molecule has 0 bridgehead atoms. The van der Waals surface area contributed by atoms with Gasteiger partial charge in [0.25, 0.3) is 0 Å². The zero-order chi connectivity index (χ0) is 25.0. The van der Waals surface area contributed by atoms with Gasteiger partial charge >= 0.3 is 0 Å². The summed E-state index contributed by atoms with van der Waals surface area (Å²) in [5.74, 6) is 0.653. The third kappa shape index (κ3) is 4.81. The number of benzene rings is 2. The number of nitrogens with zero attached hydrogens (tertiary/aromatic N) is 2. The van der Waals surface area contributed by atoms with Crippen LogP contribution < -0.4 is 20.3 Å². The number of Topliss-reactive ketones (excluding diaryl/α,β-unsaturated/α-hetero) is 1. The molecule has 1 amide bonds. The van der Waals surface area contributed by atoms with Crippen LogP contribution in [0.4, 0.5) is 11.4 Å². The average molecular weight is 491 g/mol. The highest BCUT2D eigenvalue weighted by molar-refractivity contribution is 6.09. The van der Waals surface area contributed by atoms with Crippen molar-refractivity contribution in [3.8, 4) is 5.75 Å². The molecule has 7 heteroatoms. The molecule has 2 aromatic carbocycles. The maximum atomic E-state index is 13.6. The molecule has 0 radical (unpaired) electrons. The van der Waals surface area contributed by atoms with Crippen LogP contribution >= 0.6 is 0 Å². The molecule has 2 aromatic rings. The van der Waals surface area contributed by atoms with Gasteiger partial charge in [-0.15, -0.1) is 0 Å². The minimum Gasteiger partial charge on any atom is -0.494 e. The number of ketones is 1. The van der Waals surface area contributed by atoms with Crippen LogP contribution in [0, 0.1) is 5.41 Å². The molecule has 3 heterocycles. The Hall–Kier alpha value is -3.06. The summed E-state index contributed by atoms with van der Waals surface area (Å²) in [5.41, 5.74) is 1.91. The first-order valence-electron chi connectivity index (χ1n) is 13.5. The van der Waals surface area contributed by atoms with E-state index < -0.39 is 5.41 Å². The van der Waals surface area contributed by atoms with Gasteiger partial charge in [0.2, 0.25) is 5.91 Å². The fraction of sp³-hybridized carbons (Fsp3) is 0.517. The number of likely N-dealkylation sites (tertiary alicyclic amines) is 1. The van der Waals surface area contributed by atoms with E-state index in [4.69, 9.17) is 4.74 Å². The summed E-state index contributed by atoms with van der Waals surface area (Å²) in [6.45, 7) is 7.18. The van der Waals surface area contributed by atoms with Crippen molar-refractivity contribution in [2.75, 3.05) is 43.0 Å². The van der Waals surface area contributed by atoms with Gasteiger partial charge in [0.05, 0.1) is 18.0 Å². The van der Waals surface area contributed by atoms with E-state index in [-0.39, 0.29) is 17.9 Å². The van der Waals surface area contributed by atoms with E-state index in [0.29, 0.717) is 32.5 Å². The van der Waals surface area contributed by atoms with Gasteiger partial charge < -0.3 is 25.2 Å². The summed E-state index contributed by atoms with van der Waals surface area (Å²) >= 11 is 0. The van der Waals surface area contributed by atoms with Crippen molar-refractivity contribution in [1.29, 1.82) is 0 Å². The van der Waals surface area contributed by atoms with E-state index in [2.05, 4.69) is 20.4 Å². The summed E-state index contributed by atoms with van der Waals surface area (Å²) in [5, 5.41) is 6.53. The van der Waals surface area contributed by atoms with Crippen molar-refractivity contribution in [3.63, 3.8) is 0 Å². The minimum absolute atomic E-state index is 0.0114. The van der Waals surface area contributed by atoms with E-state index in [0.717, 1.165) is 35.7 Å². The molecular formula is C29H38N4O3. The Morgan fingerprint density at radius 2 is 1.86 bits per heavy atom. The second-order valence-electron chi connectivity index (χ2n) is 10.2. The number of rotatable bonds is 9. The number of anilines is 2. The molecule has 192 valence electrons. The highest BCUT2D eigenvalue weighted by Gasteiger charge is 2.57. The Morgan fingerprint density at radius 3 is 2.64 bits per heavy atom. The van der Waals surface area contributed by atoms with Crippen LogP contribution in [0.2, 0.25) is 0 Å². The van der Waals surface area contributed by atoms with Gasteiger partial charge in [-0.2, -0.15) is 0 Å². The van der Waals surface area contributed by atoms with Crippen LogP contribution in [0.15, 0.2) is 48.5 Å². The summed E-state index contributed by atoms with van der Waals surface area (Å²) in [6.07, 6.45) is 5.48. The highest BCUT2D eigenvalue weighted by atomic mass is 16.5. The summed E-state index contributed by atoms with van der Waals surface area (Å²) in [4.78, 5) is 31.5. The Bertz CT molecular complexity index is 1070. The lowest BCUT2D eigenvalue weighted by Crippen LogP contribution is -2.64. The van der Waals surface area contributed by atoms with Crippen molar-refractivity contribution < 1.29 is 14.3 Å². The first-order chi connectivity index (χ1) is 17.6. The van der Waals surface area contributed by atoms with E-state index in [1.807, 2.05) is 55.5 Å². The maximum absolute atomic E-state index is 13.6. The zero-order valence-electron chi connectivity index (χ0n) is 21.3. The monoisotopic (exact) mass is 490 g/mol. The molecule has 0 spiro atoms. The first kappa shape index (κ1) is 24.6. The van der Waals surface area contributed by atoms with Gasteiger partial charge in [-0.3, -0.25) is 9.59 Å². The second-order valence-corrected chi connectivity index (χ2v) is 10.2. The van der Waals surface area contributed by atoms with Crippen molar-refractivity contribution in [2.45, 2.75) is 58.2 Å². The molecule has 3 aliphatic heterocycles. The number of hydrogen-bond donors (Lipinski definition) is 2. The molecule has 5 rings (SSSR count). The van der Waals surface area contributed by atoms with Crippen LogP contribution in [0.3, 0.4) is 0 Å². The lowest BCUT2D eigenvalue weighted by Gasteiger charge is -2.44.